The highest BCUT2D eigenvalue weighted by atomic mass is 16.3. The van der Waals surface area contributed by atoms with Gasteiger partial charge in [0.2, 0.25) is 11.8 Å². The molecule has 3 aliphatic rings. The quantitative estimate of drug-likeness (QED) is 0.523. The fourth-order valence-corrected chi connectivity index (χ4v) is 5.12. The molecule has 0 bridgehead atoms. The molecule has 4 heterocycles. The number of anilines is 1. The number of amides is 2. The first kappa shape index (κ1) is 20.2. The molecule has 2 amide bonds. The Kier molecular flexibility index (Phi) is 4.87. The Balaban J connectivity index is 1.43. The van der Waals surface area contributed by atoms with Gasteiger partial charge in [0.15, 0.2) is 0 Å². The first-order valence-electron chi connectivity index (χ1n) is 10.8. The third-order valence-electron chi connectivity index (χ3n) is 6.64. The van der Waals surface area contributed by atoms with E-state index < -0.39 is 17.6 Å². The van der Waals surface area contributed by atoms with Crippen LogP contribution in [0.5, 0.6) is 0 Å². The van der Waals surface area contributed by atoms with Crippen LogP contribution in [-0.4, -0.2) is 82.4 Å². The van der Waals surface area contributed by atoms with Gasteiger partial charge in [-0.1, -0.05) is 6.07 Å². The van der Waals surface area contributed by atoms with Gasteiger partial charge in [0.1, 0.15) is 11.6 Å². The van der Waals surface area contributed by atoms with E-state index in [9.17, 15) is 19.5 Å². The number of aliphatic hydroxyl groups is 1. The molecule has 31 heavy (non-hydrogen) atoms. The smallest absolute Gasteiger partial charge is 0.329 e. The van der Waals surface area contributed by atoms with Crippen LogP contribution in [0, 0.1) is 0 Å². The van der Waals surface area contributed by atoms with Gasteiger partial charge in [0.05, 0.1) is 16.7 Å². The molecule has 2 aromatic rings. The van der Waals surface area contributed by atoms with E-state index in [1.54, 1.807) is 11.6 Å². The van der Waals surface area contributed by atoms with E-state index in [1.165, 1.54) is 4.57 Å². The third kappa shape index (κ3) is 3.44. The van der Waals surface area contributed by atoms with Crippen LogP contribution in [0.25, 0.3) is 11.0 Å². The normalized spacial score (nSPS) is 24.3. The number of imidazole rings is 1. The Morgan fingerprint density at radius 2 is 1.90 bits per heavy atom. The fourth-order valence-electron chi connectivity index (χ4n) is 5.12. The largest absolute Gasteiger partial charge is 0.385 e. The second-order valence-corrected chi connectivity index (χ2v) is 8.93. The summed E-state index contributed by atoms with van der Waals surface area (Å²) in [4.78, 5) is 41.4. The summed E-state index contributed by atoms with van der Waals surface area (Å²) < 4.78 is 3.05. The van der Waals surface area contributed by atoms with Crippen LogP contribution in [0.2, 0.25) is 0 Å². The molecule has 1 atom stereocenters. The van der Waals surface area contributed by atoms with E-state index >= 15 is 0 Å². The second kappa shape index (κ2) is 7.47. The predicted molar refractivity (Wildman–Crippen MR) is 115 cm³/mol. The molecule has 3 fully saturated rings. The molecule has 0 aliphatic carbocycles. The average molecular weight is 428 g/mol. The SMILES string of the molecule is Cn1c(=O)n(C2CCC(=O)NC2=O)c2cccc(N3CC(O)(CN4CCNCC4)C3)c21. The van der Waals surface area contributed by atoms with Crippen LogP contribution in [0.1, 0.15) is 18.9 Å². The van der Waals surface area contributed by atoms with Crippen LogP contribution >= 0.6 is 0 Å². The molecule has 0 radical (unpaired) electrons. The number of para-hydroxylation sites is 1. The molecular formula is C21H28N6O4. The van der Waals surface area contributed by atoms with Gasteiger partial charge >= 0.3 is 5.69 Å². The number of hydrogen-bond acceptors (Lipinski definition) is 7. The molecule has 0 saturated carbocycles. The first-order chi connectivity index (χ1) is 14.9. The minimum absolute atomic E-state index is 0.212. The molecule has 0 spiro atoms. The lowest BCUT2D eigenvalue weighted by atomic mass is 9.92. The average Bonchev–Trinajstić information content (AvgIpc) is 2.98. The van der Waals surface area contributed by atoms with Crippen molar-refractivity contribution >= 4 is 28.5 Å². The van der Waals surface area contributed by atoms with Gasteiger partial charge in [-0.05, 0) is 18.6 Å². The summed E-state index contributed by atoms with van der Waals surface area (Å²) in [5.41, 5.74) is 1.21. The van der Waals surface area contributed by atoms with Gasteiger partial charge in [-0.2, -0.15) is 0 Å². The van der Waals surface area contributed by atoms with Gasteiger partial charge in [-0.25, -0.2) is 4.79 Å². The molecule has 10 heteroatoms. The number of fused-ring (bicyclic) bond motifs is 1. The van der Waals surface area contributed by atoms with Crippen LogP contribution in [0.15, 0.2) is 23.0 Å². The molecule has 1 aromatic carbocycles. The number of piperidine rings is 1. The van der Waals surface area contributed by atoms with Crippen molar-refractivity contribution in [3.8, 4) is 0 Å². The Hall–Kier alpha value is -2.69. The standard InChI is InChI=1S/C21H28N6O4/c1-24-18-14(26-12-21(31,13-26)11-25-9-7-22-8-10-25)3-2-4-15(18)27(20(24)30)16-5-6-17(28)23-19(16)29/h2-4,16,22,31H,5-13H2,1H3,(H,23,28,29). The van der Waals surface area contributed by atoms with Gasteiger partial charge < -0.3 is 15.3 Å². The molecular weight excluding hydrogens is 400 g/mol. The second-order valence-electron chi connectivity index (χ2n) is 8.93. The lowest BCUT2D eigenvalue weighted by molar-refractivity contribution is -0.135. The molecule has 166 valence electrons. The van der Waals surface area contributed by atoms with Crippen molar-refractivity contribution in [1.29, 1.82) is 0 Å². The third-order valence-corrected chi connectivity index (χ3v) is 6.64. The zero-order valence-corrected chi connectivity index (χ0v) is 17.6. The maximum atomic E-state index is 13.1. The summed E-state index contributed by atoms with van der Waals surface area (Å²) in [5, 5.41) is 16.7. The highest BCUT2D eigenvalue weighted by Gasteiger charge is 2.43. The van der Waals surface area contributed by atoms with Crippen LogP contribution < -0.4 is 21.2 Å². The Bertz CT molecular complexity index is 1090. The van der Waals surface area contributed by atoms with E-state index in [0.717, 1.165) is 37.4 Å². The molecule has 10 nitrogen and oxygen atoms in total. The number of nitrogens with one attached hydrogen (secondary N) is 2. The summed E-state index contributed by atoms with van der Waals surface area (Å²) in [6, 6.07) is 4.94. The minimum atomic E-state index is -0.773. The first-order valence-corrected chi connectivity index (χ1v) is 10.8. The Labute approximate surface area is 179 Å². The Morgan fingerprint density at radius 3 is 2.61 bits per heavy atom. The molecule has 3 saturated heterocycles. The number of carbonyl (C=O) groups excluding carboxylic acids is 2. The summed E-state index contributed by atoms with van der Waals surface area (Å²) in [5.74, 6) is -0.745. The zero-order valence-electron chi connectivity index (χ0n) is 17.6. The highest BCUT2D eigenvalue weighted by Crippen LogP contribution is 2.35. The van der Waals surface area contributed by atoms with Crippen molar-refractivity contribution in [2.24, 2.45) is 7.05 Å². The summed E-state index contributed by atoms with van der Waals surface area (Å²) in [6.07, 6.45) is 0.520. The number of aromatic nitrogens is 2. The van der Waals surface area contributed by atoms with Crippen molar-refractivity contribution in [2.45, 2.75) is 24.5 Å². The molecule has 1 unspecified atom stereocenters. The number of nitrogens with zero attached hydrogens (tertiary/aromatic N) is 4. The zero-order chi connectivity index (χ0) is 21.8. The number of piperazine rings is 1. The Morgan fingerprint density at radius 1 is 1.16 bits per heavy atom. The number of hydrogen-bond donors (Lipinski definition) is 3. The predicted octanol–water partition coefficient (Wildman–Crippen LogP) is -1.23. The van der Waals surface area contributed by atoms with E-state index in [2.05, 4.69) is 20.4 Å². The van der Waals surface area contributed by atoms with E-state index in [0.29, 0.717) is 31.6 Å². The van der Waals surface area contributed by atoms with Crippen LogP contribution in [0.4, 0.5) is 5.69 Å². The minimum Gasteiger partial charge on any atom is -0.385 e. The van der Waals surface area contributed by atoms with Crippen molar-refractivity contribution in [3.63, 3.8) is 0 Å². The molecule has 3 aliphatic heterocycles. The lowest BCUT2D eigenvalue weighted by Gasteiger charge is -2.50. The number of carbonyl (C=O) groups is 2. The van der Waals surface area contributed by atoms with Crippen LogP contribution in [-0.2, 0) is 16.6 Å². The maximum Gasteiger partial charge on any atom is 0.329 e. The number of aryl methyl sites for hydroxylation is 1. The highest BCUT2D eigenvalue weighted by molar-refractivity contribution is 6.00. The molecule has 3 N–H and O–H groups in total. The van der Waals surface area contributed by atoms with E-state index in [-0.39, 0.29) is 18.0 Å². The fraction of sp³-hybridized carbons (Fsp3) is 0.571. The topological polar surface area (TPSA) is 112 Å². The number of imide groups is 1. The van der Waals surface area contributed by atoms with E-state index in [1.807, 2.05) is 18.2 Å². The summed E-state index contributed by atoms with van der Waals surface area (Å²) in [7, 11) is 1.70. The number of benzene rings is 1. The summed E-state index contributed by atoms with van der Waals surface area (Å²) in [6.45, 7) is 5.37. The van der Waals surface area contributed by atoms with E-state index in [4.69, 9.17) is 0 Å². The monoisotopic (exact) mass is 428 g/mol. The van der Waals surface area contributed by atoms with Gasteiger partial charge in [-0.3, -0.25) is 28.9 Å². The van der Waals surface area contributed by atoms with Gasteiger partial charge in [-0.15, -0.1) is 0 Å². The number of β-amino-alcohol motifs (C(OH)–C–C–N with tert-alkyl or cyclic N) is 1. The number of rotatable bonds is 4. The van der Waals surface area contributed by atoms with Crippen molar-refractivity contribution in [3.05, 3.63) is 28.7 Å². The van der Waals surface area contributed by atoms with Crippen molar-refractivity contribution < 1.29 is 14.7 Å². The van der Waals surface area contributed by atoms with Gasteiger partial charge in [0, 0.05) is 59.3 Å². The molecule has 1 aromatic heterocycles. The van der Waals surface area contributed by atoms with Gasteiger partial charge in [0.25, 0.3) is 0 Å². The maximum absolute atomic E-state index is 13.1. The van der Waals surface area contributed by atoms with Crippen molar-refractivity contribution in [2.75, 3.05) is 50.7 Å². The lowest BCUT2D eigenvalue weighted by Crippen LogP contribution is -2.67. The van der Waals surface area contributed by atoms with Crippen LogP contribution in [0.3, 0.4) is 0 Å². The summed E-state index contributed by atoms with van der Waals surface area (Å²) >= 11 is 0. The molecule has 5 rings (SSSR count). The van der Waals surface area contributed by atoms with Crippen molar-refractivity contribution in [1.82, 2.24) is 24.7 Å².